The molecule has 1 aliphatic carbocycles. The summed E-state index contributed by atoms with van der Waals surface area (Å²) in [7, 11) is 0. The van der Waals surface area contributed by atoms with Crippen molar-refractivity contribution in [3.63, 3.8) is 0 Å². The predicted octanol–water partition coefficient (Wildman–Crippen LogP) is 4.08. The zero-order chi connectivity index (χ0) is 19.8. The molecular weight excluding hydrogens is 372 g/mol. The fourth-order valence-electron chi connectivity index (χ4n) is 4.13. The molecule has 1 aromatic carbocycles. The number of carbonyl (C=O) groups excluding carboxylic acids is 2. The number of rotatable bonds is 4. The van der Waals surface area contributed by atoms with E-state index in [-0.39, 0.29) is 23.6 Å². The van der Waals surface area contributed by atoms with Gasteiger partial charge >= 0.3 is 0 Å². The van der Waals surface area contributed by atoms with Crippen LogP contribution in [0.4, 0.5) is 11.4 Å². The van der Waals surface area contributed by atoms with Gasteiger partial charge in [-0.3, -0.25) is 14.5 Å². The Morgan fingerprint density at radius 2 is 1.96 bits per heavy atom. The summed E-state index contributed by atoms with van der Waals surface area (Å²) in [5.41, 5.74) is 3.66. The molecule has 1 saturated carbocycles. The second-order valence-electron chi connectivity index (χ2n) is 7.62. The number of amides is 2. The Kier molecular flexibility index (Phi) is 5.19. The molecule has 148 valence electrons. The second kappa shape index (κ2) is 7.62. The maximum atomic E-state index is 13.2. The van der Waals surface area contributed by atoms with Gasteiger partial charge in [0.05, 0.1) is 22.3 Å². The van der Waals surface area contributed by atoms with Gasteiger partial charge in [0.1, 0.15) is 6.54 Å². The first-order chi connectivity index (χ1) is 13.5. The lowest BCUT2D eigenvalue weighted by Crippen LogP contribution is -2.45. The van der Waals surface area contributed by atoms with Crippen LogP contribution in [0.25, 0.3) is 0 Å². The predicted molar refractivity (Wildman–Crippen MR) is 112 cm³/mol. The summed E-state index contributed by atoms with van der Waals surface area (Å²) in [5.74, 6) is -0.230. The lowest BCUT2D eigenvalue weighted by molar-refractivity contribution is -0.121. The number of aryl methyl sites for hydroxylation is 1. The molecule has 2 heterocycles. The molecule has 2 aliphatic rings. The molecule has 1 unspecified atom stereocenters. The molecule has 0 radical (unpaired) electrons. The van der Waals surface area contributed by atoms with Gasteiger partial charge in [-0.15, -0.1) is 0 Å². The van der Waals surface area contributed by atoms with Crippen molar-refractivity contribution in [3.05, 3.63) is 35.7 Å². The van der Waals surface area contributed by atoms with E-state index in [0.29, 0.717) is 11.7 Å². The van der Waals surface area contributed by atoms with Crippen LogP contribution < -0.4 is 10.2 Å². The fourth-order valence-corrected chi connectivity index (χ4v) is 5.26. The molecule has 0 saturated heterocycles. The van der Waals surface area contributed by atoms with E-state index in [2.05, 4.69) is 16.8 Å². The molecule has 1 aliphatic heterocycles. The summed E-state index contributed by atoms with van der Waals surface area (Å²) in [6, 6.07) is 7.91. The lowest BCUT2D eigenvalue weighted by Gasteiger charge is -2.31. The number of hydrogen-bond donors (Lipinski definition) is 1. The first-order valence-electron chi connectivity index (χ1n) is 9.88. The topological polar surface area (TPSA) is 67.2 Å². The Morgan fingerprint density at radius 3 is 2.71 bits per heavy atom. The summed E-state index contributed by atoms with van der Waals surface area (Å²) in [6.07, 6.45) is 4.84. The number of para-hydroxylation sites is 2. The molecule has 1 fully saturated rings. The highest BCUT2D eigenvalue weighted by molar-refractivity contribution is 8.00. The van der Waals surface area contributed by atoms with Crippen molar-refractivity contribution in [2.75, 3.05) is 16.8 Å². The first kappa shape index (κ1) is 19.1. The second-order valence-corrected chi connectivity index (χ2v) is 8.93. The van der Waals surface area contributed by atoms with Crippen LogP contribution in [0.1, 0.15) is 50.0 Å². The van der Waals surface area contributed by atoms with Crippen molar-refractivity contribution in [1.29, 1.82) is 0 Å². The maximum absolute atomic E-state index is 13.2. The third-order valence-electron chi connectivity index (χ3n) is 5.71. The quantitative estimate of drug-likeness (QED) is 0.788. The molecule has 2 amide bonds. The number of nitrogens with one attached hydrogen (secondary N) is 1. The molecule has 0 spiro atoms. The fraction of sp³-hybridized carbons (Fsp3) is 0.476. The van der Waals surface area contributed by atoms with E-state index >= 15 is 0 Å². The number of benzene rings is 1. The SMILES string of the molecule is Cc1nc(SC(C)C(=O)N2CC(=O)Nc3ccccc32)n(C2CCCC2)c1C. The molecule has 1 atom stereocenters. The minimum absolute atomic E-state index is 0.0515. The van der Waals surface area contributed by atoms with Crippen LogP contribution in [-0.2, 0) is 9.59 Å². The number of hydrogen-bond acceptors (Lipinski definition) is 4. The van der Waals surface area contributed by atoms with Crippen molar-refractivity contribution in [2.24, 2.45) is 0 Å². The van der Waals surface area contributed by atoms with E-state index < -0.39 is 0 Å². The number of anilines is 2. The van der Waals surface area contributed by atoms with Crippen LogP contribution >= 0.6 is 11.8 Å². The summed E-state index contributed by atoms with van der Waals surface area (Å²) in [6.45, 7) is 6.10. The van der Waals surface area contributed by atoms with Gasteiger partial charge < -0.3 is 9.88 Å². The highest BCUT2D eigenvalue weighted by Crippen LogP contribution is 2.37. The van der Waals surface area contributed by atoms with Gasteiger partial charge in [-0.2, -0.15) is 0 Å². The Labute approximate surface area is 169 Å². The van der Waals surface area contributed by atoms with Crippen molar-refractivity contribution in [1.82, 2.24) is 9.55 Å². The van der Waals surface area contributed by atoms with E-state index in [9.17, 15) is 9.59 Å². The minimum atomic E-state index is -0.333. The molecule has 4 rings (SSSR count). The van der Waals surface area contributed by atoms with Gasteiger partial charge in [0, 0.05) is 11.7 Å². The van der Waals surface area contributed by atoms with Crippen LogP contribution in [0.2, 0.25) is 0 Å². The Morgan fingerprint density at radius 1 is 1.25 bits per heavy atom. The van der Waals surface area contributed by atoms with Crippen LogP contribution in [-0.4, -0.2) is 33.2 Å². The molecule has 1 aromatic heterocycles. The monoisotopic (exact) mass is 398 g/mol. The summed E-state index contributed by atoms with van der Waals surface area (Å²) >= 11 is 1.50. The molecule has 1 N–H and O–H groups in total. The molecule has 2 aromatic rings. The summed E-state index contributed by atoms with van der Waals surface area (Å²) in [5, 5.41) is 3.42. The standard InChI is InChI=1S/C21H26N4O2S/c1-13-14(2)25(16-8-4-5-9-16)21(22-13)28-15(3)20(27)24-12-19(26)23-17-10-6-7-11-18(17)24/h6-7,10-11,15-16H,4-5,8-9,12H2,1-3H3,(H,23,26). The van der Waals surface area contributed by atoms with Gasteiger partial charge in [-0.1, -0.05) is 36.7 Å². The van der Waals surface area contributed by atoms with E-state index in [1.807, 2.05) is 38.1 Å². The van der Waals surface area contributed by atoms with E-state index in [0.717, 1.165) is 16.5 Å². The number of thioether (sulfide) groups is 1. The Balaban J connectivity index is 1.58. The largest absolute Gasteiger partial charge is 0.323 e. The Bertz CT molecular complexity index is 917. The van der Waals surface area contributed by atoms with Gasteiger partial charge in [0.15, 0.2) is 5.16 Å². The molecule has 0 bridgehead atoms. The Hall–Kier alpha value is -2.28. The lowest BCUT2D eigenvalue weighted by atomic mass is 10.2. The van der Waals surface area contributed by atoms with Crippen molar-refractivity contribution < 1.29 is 9.59 Å². The number of carbonyl (C=O) groups is 2. The normalized spacial score (nSPS) is 18.1. The highest BCUT2D eigenvalue weighted by atomic mass is 32.2. The molecular formula is C21H26N4O2S. The number of aromatic nitrogens is 2. The van der Waals surface area contributed by atoms with Crippen molar-refractivity contribution in [3.8, 4) is 0 Å². The van der Waals surface area contributed by atoms with Gasteiger partial charge in [-0.05, 0) is 45.7 Å². The van der Waals surface area contributed by atoms with Crippen molar-refractivity contribution in [2.45, 2.75) is 62.9 Å². The first-order valence-corrected chi connectivity index (χ1v) is 10.8. The number of fused-ring (bicyclic) bond motifs is 1. The van der Waals surface area contributed by atoms with E-state index in [4.69, 9.17) is 4.98 Å². The molecule has 28 heavy (non-hydrogen) atoms. The van der Waals surface area contributed by atoms with Crippen LogP contribution in [0.5, 0.6) is 0 Å². The molecule has 7 heteroatoms. The highest BCUT2D eigenvalue weighted by Gasteiger charge is 2.32. The molecule has 6 nitrogen and oxygen atoms in total. The minimum Gasteiger partial charge on any atom is -0.323 e. The van der Waals surface area contributed by atoms with Gasteiger partial charge in [0.25, 0.3) is 0 Å². The third kappa shape index (κ3) is 3.43. The zero-order valence-electron chi connectivity index (χ0n) is 16.6. The average molecular weight is 399 g/mol. The number of nitrogens with zero attached hydrogens (tertiary/aromatic N) is 3. The van der Waals surface area contributed by atoms with E-state index in [1.54, 1.807) is 4.90 Å². The van der Waals surface area contributed by atoms with Gasteiger partial charge in [-0.25, -0.2) is 4.98 Å². The smallest absolute Gasteiger partial charge is 0.244 e. The summed E-state index contributed by atoms with van der Waals surface area (Å²) < 4.78 is 2.33. The maximum Gasteiger partial charge on any atom is 0.244 e. The summed E-state index contributed by atoms with van der Waals surface area (Å²) in [4.78, 5) is 31.6. The zero-order valence-corrected chi connectivity index (χ0v) is 17.4. The average Bonchev–Trinajstić information content (AvgIpc) is 3.29. The third-order valence-corrected chi connectivity index (χ3v) is 6.76. The van der Waals surface area contributed by atoms with Gasteiger partial charge in [0.2, 0.25) is 11.8 Å². The van der Waals surface area contributed by atoms with Crippen LogP contribution in [0.3, 0.4) is 0 Å². The number of imidazole rings is 1. The van der Waals surface area contributed by atoms with Crippen LogP contribution in [0.15, 0.2) is 29.4 Å². The van der Waals surface area contributed by atoms with E-state index in [1.165, 1.54) is 43.1 Å². The van der Waals surface area contributed by atoms with Crippen molar-refractivity contribution >= 4 is 35.0 Å². The van der Waals surface area contributed by atoms with Crippen LogP contribution in [0, 0.1) is 13.8 Å².